The maximum atomic E-state index is 5.87. The first-order valence-corrected chi connectivity index (χ1v) is 5.50. The lowest BCUT2D eigenvalue weighted by Gasteiger charge is -2.11. The van der Waals surface area contributed by atoms with Crippen LogP contribution in [-0.4, -0.2) is 22.1 Å². The van der Waals surface area contributed by atoms with E-state index in [4.69, 9.17) is 10.5 Å². The Bertz CT molecular complexity index is 544. The molecule has 0 fully saturated rings. The molecule has 0 aromatic carbocycles. The van der Waals surface area contributed by atoms with Gasteiger partial charge in [0.1, 0.15) is 12.0 Å². The van der Waals surface area contributed by atoms with Gasteiger partial charge in [-0.1, -0.05) is 0 Å². The van der Waals surface area contributed by atoms with E-state index in [0.29, 0.717) is 23.9 Å². The Kier molecular flexibility index (Phi) is 3.57. The number of nitrogens with zero attached hydrogens (tertiary/aromatic N) is 3. The average molecular weight is 245 g/mol. The number of ether oxygens (including phenoxy) is 1. The van der Waals surface area contributed by atoms with Crippen LogP contribution in [-0.2, 0) is 6.54 Å². The monoisotopic (exact) mass is 245 g/mol. The number of hydrogen-bond donors (Lipinski definition) is 2. The molecule has 0 amide bonds. The Hall–Kier alpha value is -2.37. The first kappa shape index (κ1) is 12.1. The lowest BCUT2D eigenvalue weighted by molar-refractivity contribution is 0.399. The number of anilines is 2. The topological polar surface area (TPSA) is 86.0 Å². The van der Waals surface area contributed by atoms with Gasteiger partial charge >= 0.3 is 0 Å². The van der Waals surface area contributed by atoms with E-state index < -0.39 is 0 Å². The predicted molar refractivity (Wildman–Crippen MR) is 69.3 cm³/mol. The summed E-state index contributed by atoms with van der Waals surface area (Å²) < 4.78 is 5.03. The number of rotatable bonds is 4. The summed E-state index contributed by atoms with van der Waals surface area (Å²) in [5.74, 6) is 0.931. The third-order valence-corrected chi connectivity index (χ3v) is 2.63. The summed E-state index contributed by atoms with van der Waals surface area (Å²) in [5.41, 5.74) is 8.53. The van der Waals surface area contributed by atoms with E-state index in [9.17, 15) is 0 Å². The maximum absolute atomic E-state index is 5.87. The second-order valence-electron chi connectivity index (χ2n) is 3.80. The van der Waals surface area contributed by atoms with E-state index in [0.717, 1.165) is 11.1 Å². The molecule has 6 nitrogen and oxygen atoms in total. The second kappa shape index (κ2) is 5.31. The highest BCUT2D eigenvalue weighted by molar-refractivity contribution is 5.66. The van der Waals surface area contributed by atoms with Crippen molar-refractivity contribution in [1.82, 2.24) is 15.0 Å². The molecule has 3 N–H and O–H groups in total. The van der Waals surface area contributed by atoms with Crippen LogP contribution in [0.5, 0.6) is 5.88 Å². The van der Waals surface area contributed by atoms with Crippen molar-refractivity contribution in [2.24, 2.45) is 0 Å². The molecule has 0 spiro atoms. The second-order valence-corrected chi connectivity index (χ2v) is 3.80. The number of methoxy groups -OCH3 is 1. The maximum Gasteiger partial charge on any atom is 0.242 e. The van der Waals surface area contributed by atoms with Crippen molar-refractivity contribution < 1.29 is 4.74 Å². The predicted octanol–water partition coefficient (Wildman–Crippen LogP) is 1.38. The largest absolute Gasteiger partial charge is 0.479 e. The summed E-state index contributed by atoms with van der Waals surface area (Å²) in [6, 6.07) is 1.96. The average Bonchev–Trinajstić information content (AvgIpc) is 2.39. The van der Waals surface area contributed by atoms with E-state index in [2.05, 4.69) is 20.3 Å². The molecule has 0 aliphatic heterocycles. The summed E-state index contributed by atoms with van der Waals surface area (Å²) in [6.45, 7) is 2.63. The molecule has 0 bridgehead atoms. The van der Waals surface area contributed by atoms with Gasteiger partial charge in [0.2, 0.25) is 5.88 Å². The van der Waals surface area contributed by atoms with Crippen molar-refractivity contribution in [3.63, 3.8) is 0 Å². The van der Waals surface area contributed by atoms with Crippen LogP contribution in [0, 0.1) is 6.92 Å². The van der Waals surface area contributed by atoms with Gasteiger partial charge in [-0.3, -0.25) is 4.98 Å². The van der Waals surface area contributed by atoms with Crippen molar-refractivity contribution >= 4 is 11.5 Å². The molecular weight excluding hydrogens is 230 g/mol. The fourth-order valence-corrected chi connectivity index (χ4v) is 1.54. The Labute approximate surface area is 105 Å². The first-order valence-electron chi connectivity index (χ1n) is 5.50. The summed E-state index contributed by atoms with van der Waals surface area (Å²) >= 11 is 0. The lowest BCUT2D eigenvalue weighted by atomic mass is 10.1. The Balaban J connectivity index is 2.14. The van der Waals surface area contributed by atoms with Crippen LogP contribution in [0.1, 0.15) is 11.1 Å². The van der Waals surface area contributed by atoms with Gasteiger partial charge in [-0.2, -0.15) is 4.98 Å². The van der Waals surface area contributed by atoms with Crippen LogP contribution in [0.15, 0.2) is 24.8 Å². The number of hydrogen-bond acceptors (Lipinski definition) is 6. The van der Waals surface area contributed by atoms with Crippen LogP contribution < -0.4 is 15.8 Å². The van der Waals surface area contributed by atoms with E-state index in [1.54, 1.807) is 6.20 Å². The molecular formula is C12H15N5O. The van der Waals surface area contributed by atoms with Crippen molar-refractivity contribution in [2.75, 3.05) is 18.2 Å². The number of aromatic nitrogens is 3. The third-order valence-electron chi connectivity index (χ3n) is 2.63. The molecule has 18 heavy (non-hydrogen) atoms. The normalized spacial score (nSPS) is 10.1. The summed E-state index contributed by atoms with van der Waals surface area (Å²) in [7, 11) is 1.52. The molecule has 0 atom stereocenters. The Morgan fingerprint density at radius 3 is 2.94 bits per heavy atom. The van der Waals surface area contributed by atoms with E-state index >= 15 is 0 Å². The lowest BCUT2D eigenvalue weighted by Crippen LogP contribution is -2.07. The van der Waals surface area contributed by atoms with Gasteiger partial charge in [-0.15, -0.1) is 0 Å². The Morgan fingerprint density at radius 2 is 2.22 bits per heavy atom. The molecule has 0 radical (unpaired) electrons. The van der Waals surface area contributed by atoms with Gasteiger partial charge in [0, 0.05) is 18.9 Å². The zero-order chi connectivity index (χ0) is 13.0. The van der Waals surface area contributed by atoms with E-state index in [1.807, 2.05) is 19.2 Å². The summed E-state index contributed by atoms with van der Waals surface area (Å²) in [6.07, 6.45) is 4.99. The van der Waals surface area contributed by atoms with Gasteiger partial charge in [0.05, 0.1) is 7.11 Å². The van der Waals surface area contributed by atoms with E-state index in [1.165, 1.54) is 13.4 Å². The highest BCUT2D eigenvalue weighted by atomic mass is 16.5. The van der Waals surface area contributed by atoms with Gasteiger partial charge in [-0.05, 0) is 24.1 Å². The van der Waals surface area contributed by atoms with Crippen molar-refractivity contribution in [3.05, 3.63) is 35.9 Å². The fraction of sp³-hybridized carbons (Fsp3) is 0.250. The minimum absolute atomic E-state index is 0.371. The quantitative estimate of drug-likeness (QED) is 0.846. The van der Waals surface area contributed by atoms with Gasteiger partial charge < -0.3 is 15.8 Å². The van der Waals surface area contributed by atoms with Gasteiger partial charge in [0.15, 0.2) is 5.82 Å². The van der Waals surface area contributed by atoms with E-state index in [-0.39, 0.29) is 0 Å². The summed E-state index contributed by atoms with van der Waals surface area (Å²) in [4.78, 5) is 12.1. The molecule has 2 aromatic heterocycles. The van der Waals surface area contributed by atoms with Gasteiger partial charge in [0.25, 0.3) is 0 Å². The van der Waals surface area contributed by atoms with Crippen LogP contribution in [0.25, 0.3) is 0 Å². The number of nitrogen functional groups attached to an aromatic ring is 1. The zero-order valence-corrected chi connectivity index (χ0v) is 10.3. The molecule has 6 heteroatoms. The Morgan fingerprint density at radius 1 is 1.39 bits per heavy atom. The zero-order valence-electron chi connectivity index (χ0n) is 10.3. The third kappa shape index (κ3) is 2.48. The standard InChI is InChI=1S/C12H15N5O/c1-8-3-4-14-5-9(8)6-15-11-10(13)12(18-2)17-7-16-11/h3-5,7H,6,13H2,1-2H3,(H,15,16,17). The number of nitrogens with two attached hydrogens (primary N) is 1. The minimum atomic E-state index is 0.371. The van der Waals surface area contributed by atoms with Crippen LogP contribution in [0.3, 0.4) is 0 Å². The molecule has 0 saturated carbocycles. The van der Waals surface area contributed by atoms with Crippen molar-refractivity contribution in [1.29, 1.82) is 0 Å². The molecule has 2 aromatic rings. The SMILES string of the molecule is COc1ncnc(NCc2cnccc2C)c1N. The molecule has 2 rings (SSSR count). The van der Waals surface area contributed by atoms with Crippen molar-refractivity contribution in [3.8, 4) is 5.88 Å². The molecule has 2 heterocycles. The molecule has 0 saturated heterocycles. The molecule has 0 aliphatic rings. The fourth-order valence-electron chi connectivity index (χ4n) is 1.54. The first-order chi connectivity index (χ1) is 8.72. The molecule has 0 unspecified atom stereocenters. The van der Waals surface area contributed by atoms with Crippen LogP contribution >= 0.6 is 0 Å². The summed E-state index contributed by atoms with van der Waals surface area (Å²) in [5, 5.41) is 3.15. The number of aryl methyl sites for hydroxylation is 1. The van der Waals surface area contributed by atoms with Crippen LogP contribution in [0.2, 0.25) is 0 Å². The number of pyridine rings is 1. The van der Waals surface area contributed by atoms with Gasteiger partial charge in [-0.25, -0.2) is 4.98 Å². The highest BCUT2D eigenvalue weighted by Gasteiger charge is 2.08. The number of nitrogens with one attached hydrogen (secondary N) is 1. The highest BCUT2D eigenvalue weighted by Crippen LogP contribution is 2.24. The van der Waals surface area contributed by atoms with Crippen LogP contribution in [0.4, 0.5) is 11.5 Å². The minimum Gasteiger partial charge on any atom is -0.479 e. The smallest absolute Gasteiger partial charge is 0.242 e. The van der Waals surface area contributed by atoms with Crippen molar-refractivity contribution in [2.45, 2.75) is 13.5 Å². The molecule has 0 aliphatic carbocycles. The molecule has 94 valence electrons.